The van der Waals surface area contributed by atoms with E-state index < -0.39 is 6.09 Å². The predicted octanol–water partition coefficient (Wildman–Crippen LogP) is 2.48. The molecule has 1 aromatic rings. The SMILES string of the molecule is N=C(NC(=O)OC1CCCC1)c1cc[c]cc1. The van der Waals surface area contributed by atoms with Crippen LogP contribution >= 0.6 is 0 Å². The number of nitrogens with one attached hydrogen (secondary N) is 2. The summed E-state index contributed by atoms with van der Waals surface area (Å²) in [6, 6.07) is 9.70. The second-order valence-corrected chi connectivity index (χ2v) is 4.10. The first-order valence-corrected chi connectivity index (χ1v) is 5.78. The highest BCUT2D eigenvalue weighted by atomic mass is 16.6. The topological polar surface area (TPSA) is 62.2 Å². The summed E-state index contributed by atoms with van der Waals surface area (Å²) in [6.45, 7) is 0. The molecule has 1 aliphatic carbocycles. The van der Waals surface area contributed by atoms with E-state index >= 15 is 0 Å². The maximum Gasteiger partial charge on any atom is 0.413 e. The van der Waals surface area contributed by atoms with Gasteiger partial charge < -0.3 is 4.74 Å². The minimum atomic E-state index is -0.533. The fourth-order valence-electron chi connectivity index (χ4n) is 1.91. The van der Waals surface area contributed by atoms with Crippen molar-refractivity contribution in [1.29, 1.82) is 5.41 Å². The fraction of sp³-hybridized carbons (Fsp3) is 0.385. The maximum atomic E-state index is 11.5. The van der Waals surface area contributed by atoms with E-state index in [9.17, 15) is 4.79 Å². The lowest BCUT2D eigenvalue weighted by molar-refractivity contribution is 0.106. The molecule has 0 aliphatic heterocycles. The molecule has 1 aromatic carbocycles. The van der Waals surface area contributed by atoms with Gasteiger partial charge >= 0.3 is 6.09 Å². The van der Waals surface area contributed by atoms with E-state index in [-0.39, 0.29) is 11.9 Å². The van der Waals surface area contributed by atoms with Gasteiger partial charge in [0.1, 0.15) is 11.9 Å². The highest BCUT2D eigenvalue weighted by Gasteiger charge is 2.19. The molecule has 4 nitrogen and oxygen atoms in total. The molecule has 1 aliphatic rings. The van der Waals surface area contributed by atoms with Crippen LogP contribution in [-0.2, 0) is 4.74 Å². The molecule has 4 heteroatoms. The molecule has 1 amide bonds. The second-order valence-electron chi connectivity index (χ2n) is 4.10. The van der Waals surface area contributed by atoms with Gasteiger partial charge in [-0.2, -0.15) is 0 Å². The number of amidine groups is 1. The van der Waals surface area contributed by atoms with E-state index in [0.717, 1.165) is 25.7 Å². The molecular formula is C13H15N2O2. The molecule has 0 aromatic heterocycles. The molecule has 0 bridgehead atoms. The summed E-state index contributed by atoms with van der Waals surface area (Å²) in [6.07, 6.45) is 3.58. The van der Waals surface area contributed by atoms with Gasteiger partial charge in [0.05, 0.1) is 0 Å². The normalized spacial score (nSPS) is 15.5. The molecule has 1 saturated carbocycles. The molecule has 2 rings (SSSR count). The lowest BCUT2D eigenvalue weighted by atomic mass is 10.2. The summed E-state index contributed by atoms with van der Waals surface area (Å²) in [5, 5.41) is 10.1. The van der Waals surface area contributed by atoms with E-state index in [2.05, 4.69) is 11.4 Å². The number of ether oxygens (including phenoxy) is 1. The van der Waals surface area contributed by atoms with Gasteiger partial charge in [-0.3, -0.25) is 10.7 Å². The Morgan fingerprint density at radius 1 is 1.35 bits per heavy atom. The summed E-state index contributed by atoms with van der Waals surface area (Å²) in [5.41, 5.74) is 0.645. The van der Waals surface area contributed by atoms with Gasteiger partial charge in [-0.05, 0) is 31.7 Å². The average Bonchev–Trinajstić information content (AvgIpc) is 2.82. The molecule has 0 atom stereocenters. The fourth-order valence-corrected chi connectivity index (χ4v) is 1.91. The first kappa shape index (κ1) is 11.6. The third-order valence-electron chi connectivity index (χ3n) is 2.81. The van der Waals surface area contributed by atoms with Gasteiger partial charge in [0.15, 0.2) is 0 Å². The van der Waals surface area contributed by atoms with E-state index in [1.807, 2.05) is 0 Å². The molecule has 0 saturated heterocycles. The van der Waals surface area contributed by atoms with Crippen molar-refractivity contribution in [1.82, 2.24) is 5.32 Å². The lowest BCUT2D eigenvalue weighted by Gasteiger charge is -2.12. The minimum absolute atomic E-state index is 0.0203. The quantitative estimate of drug-likeness (QED) is 0.606. The number of carbonyl (C=O) groups is 1. The summed E-state index contributed by atoms with van der Waals surface area (Å²) in [4.78, 5) is 11.5. The number of rotatable bonds is 2. The van der Waals surface area contributed by atoms with Crippen LogP contribution in [0.15, 0.2) is 24.3 Å². The van der Waals surface area contributed by atoms with Crippen molar-refractivity contribution in [2.45, 2.75) is 31.8 Å². The van der Waals surface area contributed by atoms with Gasteiger partial charge in [-0.1, -0.05) is 24.3 Å². The largest absolute Gasteiger partial charge is 0.446 e. The third kappa shape index (κ3) is 3.31. The molecule has 0 unspecified atom stereocenters. The third-order valence-corrected chi connectivity index (χ3v) is 2.81. The molecule has 2 N–H and O–H groups in total. The number of benzene rings is 1. The van der Waals surface area contributed by atoms with Gasteiger partial charge in [0, 0.05) is 5.56 Å². The first-order chi connectivity index (χ1) is 8.25. The van der Waals surface area contributed by atoms with Crippen molar-refractivity contribution in [3.05, 3.63) is 35.9 Å². The number of amides is 1. The van der Waals surface area contributed by atoms with Crippen molar-refractivity contribution in [2.24, 2.45) is 0 Å². The van der Waals surface area contributed by atoms with Crippen LogP contribution in [0.3, 0.4) is 0 Å². The van der Waals surface area contributed by atoms with Crippen LogP contribution in [0.1, 0.15) is 31.2 Å². The Bertz CT molecular complexity index is 397. The van der Waals surface area contributed by atoms with Crippen molar-refractivity contribution in [3.8, 4) is 0 Å². The Balaban J connectivity index is 1.84. The predicted molar refractivity (Wildman–Crippen MR) is 64.0 cm³/mol. The first-order valence-electron chi connectivity index (χ1n) is 5.78. The monoisotopic (exact) mass is 231 g/mol. The van der Waals surface area contributed by atoms with E-state index in [4.69, 9.17) is 10.1 Å². The van der Waals surface area contributed by atoms with Crippen LogP contribution in [-0.4, -0.2) is 18.0 Å². The van der Waals surface area contributed by atoms with Crippen molar-refractivity contribution in [3.63, 3.8) is 0 Å². The molecule has 17 heavy (non-hydrogen) atoms. The highest BCUT2D eigenvalue weighted by molar-refractivity contribution is 6.04. The summed E-state index contributed by atoms with van der Waals surface area (Å²) in [7, 11) is 0. The average molecular weight is 231 g/mol. The van der Waals surface area contributed by atoms with Crippen LogP contribution in [0.4, 0.5) is 4.79 Å². The summed E-state index contributed by atoms with van der Waals surface area (Å²) in [5.74, 6) is 0.0574. The number of carbonyl (C=O) groups excluding carboxylic acids is 1. The standard InChI is InChI=1S/C13H15N2O2/c14-12(10-6-2-1-3-7-10)15-13(16)17-11-8-4-5-9-11/h2-3,6-7,11H,4-5,8-9H2,(H2,14,15,16). The lowest BCUT2D eigenvalue weighted by Crippen LogP contribution is -2.33. The Hall–Kier alpha value is -1.84. The zero-order chi connectivity index (χ0) is 12.1. The Morgan fingerprint density at radius 3 is 2.65 bits per heavy atom. The number of hydrogen-bond donors (Lipinski definition) is 2. The van der Waals surface area contributed by atoms with Crippen molar-refractivity contribution < 1.29 is 9.53 Å². The maximum absolute atomic E-state index is 11.5. The van der Waals surface area contributed by atoms with E-state index in [0.29, 0.717) is 5.56 Å². The van der Waals surface area contributed by atoms with Crippen molar-refractivity contribution >= 4 is 11.9 Å². The molecule has 1 fully saturated rings. The molecule has 0 heterocycles. The number of alkyl carbamates (subject to hydrolysis) is 1. The zero-order valence-electron chi connectivity index (χ0n) is 9.53. The van der Waals surface area contributed by atoms with Crippen LogP contribution in [0.2, 0.25) is 0 Å². The summed E-state index contributed by atoms with van der Waals surface area (Å²) < 4.78 is 5.20. The van der Waals surface area contributed by atoms with Crippen molar-refractivity contribution in [2.75, 3.05) is 0 Å². The van der Waals surface area contributed by atoms with Gasteiger partial charge in [-0.25, -0.2) is 4.79 Å². The number of hydrogen-bond acceptors (Lipinski definition) is 3. The van der Waals surface area contributed by atoms with Crippen LogP contribution < -0.4 is 5.32 Å². The Labute approximate surface area is 100 Å². The molecule has 0 spiro atoms. The van der Waals surface area contributed by atoms with Crippen LogP contribution in [0.5, 0.6) is 0 Å². The summed E-state index contributed by atoms with van der Waals surface area (Å²) >= 11 is 0. The highest BCUT2D eigenvalue weighted by Crippen LogP contribution is 2.20. The zero-order valence-corrected chi connectivity index (χ0v) is 9.53. The van der Waals surface area contributed by atoms with Gasteiger partial charge in [-0.15, -0.1) is 0 Å². The van der Waals surface area contributed by atoms with E-state index in [1.165, 1.54) is 0 Å². The van der Waals surface area contributed by atoms with Crippen LogP contribution in [0.25, 0.3) is 0 Å². The minimum Gasteiger partial charge on any atom is -0.446 e. The second kappa shape index (κ2) is 5.48. The molecular weight excluding hydrogens is 216 g/mol. The Morgan fingerprint density at radius 2 is 2.00 bits per heavy atom. The van der Waals surface area contributed by atoms with Gasteiger partial charge in [0.2, 0.25) is 0 Å². The van der Waals surface area contributed by atoms with E-state index in [1.54, 1.807) is 24.3 Å². The van der Waals surface area contributed by atoms with Gasteiger partial charge in [0.25, 0.3) is 0 Å². The Kier molecular flexibility index (Phi) is 3.75. The molecule has 1 radical (unpaired) electrons. The smallest absolute Gasteiger partial charge is 0.413 e. The van der Waals surface area contributed by atoms with Crippen LogP contribution in [0, 0.1) is 11.5 Å². The molecule has 89 valence electrons.